The van der Waals surface area contributed by atoms with Gasteiger partial charge in [0, 0.05) is 42.7 Å². The first kappa shape index (κ1) is 27.0. The topological polar surface area (TPSA) is 96.4 Å². The van der Waals surface area contributed by atoms with Gasteiger partial charge in [0.15, 0.2) is 11.5 Å². The number of halogens is 3. The Morgan fingerprint density at radius 2 is 1.79 bits per heavy atom. The fraction of sp³-hybridized carbons (Fsp3) is 0.290. The Hall–Kier alpha value is -4.87. The van der Waals surface area contributed by atoms with Crippen LogP contribution >= 0.6 is 0 Å². The summed E-state index contributed by atoms with van der Waals surface area (Å²) < 4.78 is 49.5. The van der Waals surface area contributed by atoms with E-state index in [2.05, 4.69) is 24.5 Å². The van der Waals surface area contributed by atoms with Gasteiger partial charge < -0.3 is 13.9 Å². The summed E-state index contributed by atoms with van der Waals surface area (Å²) in [7, 11) is 1.57. The zero-order valence-electron chi connectivity index (χ0n) is 23.7. The minimum atomic E-state index is -4.52. The summed E-state index contributed by atoms with van der Waals surface area (Å²) in [6.45, 7) is 4.11. The second-order valence-corrected chi connectivity index (χ2v) is 11.0. The predicted molar refractivity (Wildman–Crippen MR) is 155 cm³/mol. The molecule has 0 bridgehead atoms. The first-order chi connectivity index (χ1) is 20.7. The molecule has 0 N–H and O–H groups in total. The maximum Gasteiger partial charge on any atom is 0.434 e. The summed E-state index contributed by atoms with van der Waals surface area (Å²) in [5, 5.41) is 0.804. The van der Waals surface area contributed by atoms with E-state index in [1.54, 1.807) is 36.2 Å². The standard InChI is InChI=1S/C31H27F3N8O/c1-17(2)41-15-23(31(32,33)34)39-28(41)20-8-6-18(7-9-20)14-42-22-5-4-12-35-26(22)21-13-36-27(40-29(21)42)24-25(19-10-11-19)37-16-38-30(24)43-3/h4-9,12-13,15-17,19H,10-11,14H2,1-3H3. The van der Waals surface area contributed by atoms with E-state index in [1.165, 1.54) is 6.33 Å². The lowest BCUT2D eigenvalue weighted by atomic mass is 10.1. The number of rotatable bonds is 7. The number of ether oxygens (including phenoxy) is 1. The minimum absolute atomic E-state index is 0.189. The Morgan fingerprint density at radius 3 is 2.49 bits per heavy atom. The molecule has 0 radical (unpaired) electrons. The molecule has 0 unspecified atom stereocenters. The number of nitrogens with zero attached hydrogens (tertiary/aromatic N) is 8. The summed E-state index contributed by atoms with van der Waals surface area (Å²) in [5.74, 6) is 1.52. The second kappa shape index (κ2) is 10.1. The van der Waals surface area contributed by atoms with Crippen molar-refractivity contribution < 1.29 is 17.9 Å². The Kier molecular flexibility index (Phi) is 6.37. The van der Waals surface area contributed by atoms with Crippen LogP contribution in [0.15, 0.2) is 61.3 Å². The summed E-state index contributed by atoms with van der Waals surface area (Å²) in [4.78, 5) is 27.1. The largest absolute Gasteiger partial charge is 0.480 e. The van der Waals surface area contributed by atoms with Crippen molar-refractivity contribution in [2.75, 3.05) is 7.11 Å². The maximum atomic E-state index is 13.4. The zero-order valence-corrected chi connectivity index (χ0v) is 23.7. The molecule has 12 heteroatoms. The van der Waals surface area contributed by atoms with Crippen LogP contribution < -0.4 is 4.74 Å². The van der Waals surface area contributed by atoms with E-state index in [1.807, 2.05) is 38.1 Å². The SMILES string of the molecule is COc1ncnc(C2CC2)c1-c1ncc2c3ncccc3n(Cc3ccc(-c4nc(C(F)(F)F)cn4C(C)C)cc3)c2n1. The van der Waals surface area contributed by atoms with E-state index < -0.39 is 11.9 Å². The van der Waals surface area contributed by atoms with Crippen LogP contribution in [0.4, 0.5) is 13.2 Å². The van der Waals surface area contributed by atoms with Crippen molar-refractivity contribution in [2.45, 2.75) is 51.4 Å². The van der Waals surface area contributed by atoms with Crippen molar-refractivity contribution in [3.8, 4) is 28.7 Å². The quantitative estimate of drug-likeness (QED) is 0.203. The number of benzene rings is 1. The molecule has 1 saturated carbocycles. The van der Waals surface area contributed by atoms with Crippen molar-refractivity contribution in [1.82, 2.24) is 39.0 Å². The van der Waals surface area contributed by atoms with E-state index in [9.17, 15) is 13.2 Å². The minimum Gasteiger partial charge on any atom is -0.480 e. The molecular weight excluding hydrogens is 557 g/mol. The monoisotopic (exact) mass is 584 g/mol. The highest BCUT2D eigenvalue weighted by molar-refractivity contribution is 6.04. The molecule has 1 aromatic carbocycles. The average Bonchev–Trinajstić information content (AvgIpc) is 3.67. The Balaban J connectivity index is 1.31. The first-order valence-corrected chi connectivity index (χ1v) is 14.0. The maximum absolute atomic E-state index is 13.4. The number of pyridine rings is 1. The molecule has 6 aromatic rings. The molecule has 1 fully saturated rings. The van der Waals surface area contributed by atoms with Gasteiger partial charge in [-0.15, -0.1) is 0 Å². The van der Waals surface area contributed by atoms with Crippen molar-refractivity contribution in [3.05, 3.63) is 78.3 Å². The molecule has 5 aromatic heterocycles. The number of fused-ring (bicyclic) bond motifs is 3. The van der Waals surface area contributed by atoms with Crippen LogP contribution in [0.25, 0.3) is 44.8 Å². The molecule has 1 aliphatic carbocycles. The van der Waals surface area contributed by atoms with Crippen molar-refractivity contribution in [1.29, 1.82) is 0 Å². The molecule has 0 saturated heterocycles. The van der Waals surface area contributed by atoms with E-state index in [-0.39, 0.29) is 11.9 Å². The molecule has 1 aliphatic rings. The van der Waals surface area contributed by atoms with E-state index in [0.29, 0.717) is 40.9 Å². The number of aromatic nitrogens is 8. The Labute approximate surface area is 244 Å². The average molecular weight is 585 g/mol. The van der Waals surface area contributed by atoms with Crippen molar-refractivity contribution >= 4 is 22.1 Å². The Morgan fingerprint density at radius 1 is 1.00 bits per heavy atom. The Bertz CT molecular complexity index is 1970. The van der Waals surface area contributed by atoms with Gasteiger partial charge in [-0.1, -0.05) is 24.3 Å². The molecule has 43 heavy (non-hydrogen) atoms. The summed E-state index contributed by atoms with van der Waals surface area (Å²) >= 11 is 0. The third-order valence-corrected chi connectivity index (χ3v) is 7.71. The van der Waals surface area contributed by atoms with Gasteiger partial charge in [0.1, 0.15) is 23.4 Å². The molecule has 0 atom stereocenters. The van der Waals surface area contributed by atoms with Crippen LogP contribution in [-0.2, 0) is 12.7 Å². The molecule has 0 aliphatic heterocycles. The fourth-order valence-corrected chi connectivity index (χ4v) is 5.46. The molecule has 218 valence electrons. The number of methoxy groups -OCH3 is 1. The third kappa shape index (κ3) is 4.76. The second-order valence-electron chi connectivity index (χ2n) is 11.0. The molecule has 0 amide bonds. The lowest BCUT2D eigenvalue weighted by molar-refractivity contribution is -0.140. The van der Waals surface area contributed by atoms with Gasteiger partial charge in [0.05, 0.1) is 29.2 Å². The first-order valence-electron chi connectivity index (χ1n) is 14.0. The van der Waals surface area contributed by atoms with Crippen LogP contribution in [0.3, 0.4) is 0 Å². The highest BCUT2D eigenvalue weighted by Crippen LogP contribution is 2.45. The number of hydrogen-bond acceptors (Lipinski definition) is 7. The van der Waals surface area contributed by atoms with Crippen LogP contribution in [0.5, 0.6) is 5.88 Å². The van der Waals surface area contributed by atoms with Crippen LogP contribution in [0.1, 0.15) is 55.6 Å². The summed E-state index contributed by atoms with van der Waals surface area (Å²) in [5.41, 5.74) is 4.57. The lowest BCUT2D eigenvalue weighted by Gasteiger charge is -2.13. The van der Waals surface area contributed by atoms with Gasteiger partial charge in [0.2, 0.25) is 5.88 Å². The van der Waals surface area contributed by atoms with Gasteiger partial charge in [-0.05, 0) is 44.4 Å². The van der Waals surface area contributed by atoms with E-state index in [4.69, 9.17) is 14.7 Å². The van der Waals surface area contributed by atoms with Crippen LogP contribution in [-0.4, -0.2) is 46.1 Å². The smallest absolute Gasteiger partial charge is 0.434 e. The van der Waals surface area contributed by atoms with Crippen molar-refractivity contribution in [2.24, 2.45) is 0 Å². The molecule has 9 nitrogen and oxygen atoms in total. The van der Waals surface area contributed by atoms with E-state index in [0.717, 1.165) is 46.7 Å². The van der Waals surface area contributed by atoms with Crippen LogP contribution in [0.2, 0.25) is 0 Å². The number of hydrogen-bond donors (Lipinski definition) is 0. The van der Waals surface area contributed by atoms with E-state index >= 15 is 0 Å². The van der Waals surface area contributed by atoms with Gasteiger partial charge in [0.25, 0.3) is 0 Å². The summed E-state index contributed by atoms with van der Waals surface area (Å²) in [6.07, 6.45) is 3.67. The zero-order chi connectivity index (χ0) is 29.9. The number of alkyl halides is 3. The highest BCUT2D eigenvalue weighted by atomic mass is 19.4. The van der Waals surface area contributed by atoms with Gasteiger partial charge >= 0.3 is 6.18 Å². The highest BCUT2D eigenvalue weighted by Gasteiger charge is 2.35. The van der Waals surface area contributed by atoms with Crippen LogP contribution in [0, 0.1) is 0 Å². The van der Waals surface area contributed by atoms with Gasteiger partial charge in [-0.25, -0.2) is 24.9 Å². The van der Waals surface area contributed by atoms with Gasteiger partial charge in [-0.3, -0.25) is 4.98 Å². The van der Waals surface area contributed by atoms with Gasteiger partial charge in [-0.2, -0.15) is 13.2 Å². The van der Waals surface area contributed by atoms with Crippen molar-refractivity contribution in [3.63, 3.8) is 0 Å². The molecule has 5 heterocycles. The number of imidazole rings is 1. The summed E-state index contributed by atoms with van der Waals surface area (Å²) in [6, 6.07) is 11.1. The predicted octanol–water partition coefficient (Wildman–Crippen LogP) is 6.83. The molecule has 0 spiro atoms. The third-order valence-electron chi connectivity index (χ3n) is 7.71. The fourth-order valence-electron chi connectivity index (χ4n) is 5.46. The normalized spacial score (nSPS) is 13.8. The lowest BCUT2D eigenvalue weighted by Crippen LogP contribution is -2.05. The molecular formula is C31H27F3N8O. The molecule has 7 rings (SSSR count).